The number of halogens is 1. The van der Waals surface area contributed by atoms with Gasteiger partial charge in [0.05, 0.1) is 6.10 Å². The largest absolute Gasteiger partial charge is 0.512 e. The summed E-state index contributed by atoms with van der Waals surface area (Å²) in [6.07, 6.45) is -0.630. The molecule has 1 amide bonds. The first-order valence-corrected chi connectivity index (χ1v) is 16.4. The monoisotopic (exact) mass is 688 g/mol. The van der Waals surface area contributed by atoms with Gasteiger partial charge in [-0.2, -0.15) is 4.98 Å². The molecule has 2 aliphatic rings. The van der Waals surface area contributed by atoms with Crippen molar-refractivity contribution in [3.63, 3.8) is 0 Å². The van der Waals surface area contributed by atoms with E-state index in [4.69, 9.17) is 18.7 Å². The predicted octanol–water partition coefficient (Wildman–Crippen LogP) is 5.77. The van der Waals surface area contributed by atoms with Crippen molar-refractivity contribution >= 4 is 18.2 Å². The molecule has 1 saturated heterocycles. The van der Waals surface area contributed by atoms with E-state index in [0.29, 0.717) is 67.8 Å². The molecule has 0 atom stereocenters. The molecule has 14 heteroatoms. The van der Waals surface area contributed by atoms with Gasteiger partial charge in [0.15, 0.2) is 6.61 Å². The van der Waals surface area contributed by atoms with Crippen molar-refractivity contribution in [3.8, 4) is 34.0 Å². The second kappa shape index (κ2) is 15.5. The van der Waals surface area contributed by atoms with E-state index in [-0.39, 0.29) is 30.9 Å². The van der Waals surface area contributed by atoms with Gasteiger partial charge in [0, 0.05) is 55.2 Å². The lowest BCUT2D eigenvalue weighted by Crippen LogP contribution is -2.49. The maximum Gasteiger partial charge on any atom is 0.512 e. The minimum atomic E-state index is -1.75. The van der Waals surface area contributed by atoms with Crippen LogP contribution in [0.4, 0.5) is 14.0 Å². The number of nitrogens with one attached hydrogen (secondary N) is 1. The number of carbonyl (C=O) groups excluding carboxylic acids is 2. The van der Waals surface area contributed by atoms with E-state index in [1.807, 2.05) is 54.6 Å². The number of hydrogen-bond donors (Lipinski definition) is 3. The van der Waals surface area contributed by atoms with E-state index in [0.717, 1.165) is 11.1 Å². The van der Waals surface area contributed by atoms with Crippen LogP contribution < -0.4 is 5.32 Å². The molecule has 0 radical (unpaired) electrons. The lowest BCUT2D eigenvalue weighted by molar-refractivity contribution is -0.209. The number of aromatic nitrogens is 2. The Morgan fingerprint density at radius 2 is 1.62 bits per heavy atom. The Balaban J connectivity index is 0.996. The Hall–Kier alpha value is -5.34. The van der Waals surface area contributed by atoms with Gasteiger partial charge in [0.25, 0.3) is 17.6 Å². The first-order chi connectivity index (χ1) is 24.1. The normalized spacial score (nSPS) is 18.9. The van der Waals surface area contributed by atoms with Crippen molar-refractivity contribution in [1.29, 1.82) is 0 Å². The van der Waals surface area contributed by atoms with Gasteiger partial charge >= 0.3 is 12.3 Å². The Kier molecular flexibility index (Phi) is 10.7. The minimum absolute atomic E-state index is 0.0572. The summed E-state index contributed by atoms with van der Waals surface area (Å²) in [5, 5.41) is 25.8. The Morgan fingerprint density at radius 3 is 2.30 bits per heavy atom. The van der Waals surface area contributed by atoms with E-state index >= 15 is 0 Å². The highest BCUT2D eigenvalue weighted by molar-refractivity contribution is 5.79. The lowest BCUT2D eigenvalue weighted by atomic mass is 9.93. The van der Waals surface area contributed by atoms with Crippen molar-refractivity contribution in [2.24, 2.45) is 0 Å². The summed E-state index contributed by atoms with van der Waals surface area (Å²) in [6, 6.07) is 21.4. The predicted molar refractivity (Wildman–Crippen MR) is 176 cm³/mol. The molecule has 4 aromatic rings. The van der Waals surface area contributed by atoms with Crippen molar-refractivity contribution in [2.75, 3.05) is 19.7 Å². The first-order valence-electron chi connectivity index (χ1n) is 16.4. The summed E-state index contributed by atoms with van der Waals surface area (Å²) in [7, 11) is 0. The van der Waals surface area contributed by atoms with Gasteiger partial charge in [0.1, 0.15) is 5.82 Å². The molecule has 0 spiro atoms. The van der Waals surface area contributed by atoms with Gasteiger partial charge in [-0.25, -0.2) is 14.0 Å². The first kappa shape index (κ1) is 34.5. The summed E-state index contributed by atoms with van der Waals surface area (Å²) in [5.41, 5.74) is 3.37. The molecule has 1 aromatic heterocycles. The molecule has 1 saturated carbocycles. The van der Waals surface area contributed by atoms with Crippen molar-refractivity contribution in [1.82, 2.24) is 20.4 Å². The molecule has 1 aliphatic carbocycles. The smallest absolute Gasteiger partial charge is 0.450 e. The average molecular weight is 689 g/mol. The number of benzene rings is 3. The van der Waals surface area contributed by atoms with Gasteiger partial charge in [-0.3, -0.25) is 9.69 Å². The third-order valence-electron chi connectivity index (χ3n) is 8.89. The fraction of sp³-hybridized carbons (Fsp3) is 0.361. The summed E-state index contributed by atoms with van der Waals surface area (Å²) in [6.45, 7) is 0.639. The lowest BCUT2D eigenvalue weighted by Gasteiger charge is -2.38. The van der Waals surface area contributed by atoms with Gasteiger partial charge in [0.2, 0.25) is 5.82 Å². The number of hydrogen-bond acceptors (Lipinski definition) is 11. The van der Waals surface area contributed by atoms with Crippen LogP contribution in [-0.4, -0.2) is 81.1 Å². The van der Waals surface area contributed by atoms with Crippen LogP contribution >= 0.6 is 0 Å². The number of likely N-dealkylation sites (tertiary alicyclic amines) is 1. The molecule has 3 N–H and O–H groups in total. The summed E-state index contributed by atoms with van der Waals surface area (Å²) in [4.78, 5) is 42.7. The molecular weight excluding hydrogens is 651 g/mol. The standard InChI is InChI=1S/C36H37FN4O9/c37-30-20-26(10-15-29(30)24-4-2-1-3-5-24)33-39-32(40-50-33)25-8-6-23(7-9-25)21-41-18-16-36(17-19-41,48-34(44)45)49-35(46)47-22-31(43)38-27-11-13-28(42)14-12-27/h1-10,15,20,27-28,42H,11-14,16-19,21-22H2,(H,38,43)(H,44,45). The summed E-state index contributed by atoms with van der Waals surface area (Å²) in [5.74, 6) is -2.12. The van der Waals surface area contributed by atoms with Crippen LogP contribution in [-0.2, 0) is 25.5 Å². The van der Waals surface area contributed by atoms with Gasteiger partial charge in [-0.05, 0) is 48.9 Å². The summed E-state index contributed by atoms with van der Waals surface area (Å²) >= 11 is 0. The molecule has 50 heavy (non-hydrogen) atoms. The SMILES string of the molecule is O=C(COC(=O)OC1(OC(=O)O)CCN(Cc2ccc(-c3noc(-c4ccc(-c5ccccc5)c(F)c4)n3)cc2)CC1)NC1CCC(O)CC1. The second-order valence-electron chi connectivity index (χ2n) is 12.4. The van der Waals surface area contributed by atoms with Crippen LogP contribution in [0.25, 0.3) is 34.0 Å². The topological polar surface area (TPSA) is 174 Å². The molecule has 2 fully saturated rings. The highest BCUT2D eigenvalue weighted by Crippen LogP contribution is 2.31. The number of ether oxygens (including phenoxy) is 3. The van der Waals surface area contributed by atoms with Gasteiger partial charge in [-0.15, -0.1) is 0 Å². The van der Waals surface area contributed by atoms with Crippen LogP contribution in [0.2, 0.25) is 0 Å². The molecule has 0 bridgehead atoms. The van der Waals surface area contributed by atoms with Crippen molar-refractivity contribution in [3.05, 3.63) is 84.2 Å². The number of carbonyl (C=O) groups is 3. The Bertz CT molecular complexity index is 1780. The number of carboxylic acid groups (broad SMARTS) is 1. The third kappa shape index (κ3) is 8.81. The molecule has 2 heterocycles. The number of rotatable bonds is 10. The quantitative estimate of drug-likeness (QED) is 0.136. The van der Waals surface area contributed by atoms with Gasteiger partial charge in [-0.1, -0.05) is 65.8 Å². The minimum Gasteiger partial charge on any atom is -0.450 e. The van der Waals surface area contributed by atoms with E-state index < -0.39 is 36.4 Å². The number of amides is 1. The van der Waals surface area contributed by atoms with E-state index in [9.17, 15) is 29.0 Å². The molecule has 3 aromatic carbocycles. The van der Waals surface area contributed by atoms with Crippen LogP contribution in [0.3, 0.4) is 0 Å². The average Bonchev–Trinajstić information content (AvgIpc) is 3.60. The Labute approximate surface area is 287 Å². The molecule has 13 nitrogen and oxygen atoms in total. The second-order valence-corrected chi connectivity index (χ2v) is 12.4. The number of piperidine rings is 1. The molecule has 6 rings (SSSR count). The van der Waals surface area contributed by atoms with Crippen LogP contribution in [0.1, 0.15) is 44.1 Å². The van der Waals surface area contributed by atoms with Crippen molar-refractivity contribution in [2.45, 2.75) is 63.0 Å². The maximum atomic E-state index is 14.9. The van der Waals surface area contributed by atoms with Gasteiger partial charge < -0.3 is 34.3 Å². The molecule has 0 unspecified atom stereocenters. The highest BCUT2D eigenvalue weighted by Gasteiger charge is 2.43. The number of nitrogens with zero attached hydrogens (tertiary/aromatic N) is 3. The van der Waals surface area contributed by atoms with E-state index in [1.54, 1.807) is 12.1 Å². The molecule has 1 aliphatic heterocycles. The fourth-order valence-electron chi connectivity index (χ4n) is 6.21. The highest BCUT2D eigenvalue weighted by atomic mass is 19.1. The number of aliphatic hydroxyl groups is 1. The zero-order valence-electron chi connectivity index (χ0n) is 27.1. The van der Waals surface area contributed by atoms with Crippen LogP contribution in [0, 0.1) is 5.82 Å². The van der Waals surface area contributed by atoms with E-state index in [1.165, 1.54) is 6.07 Å². The zero-order valence-corrected chi connectivity index (χ0v) is 27.1. The molecule has 262 valence electrons. The summed E-state index contributed by atoms with van der Waals surface area (Å²) < 4.78 is 35.6. The zero-order chi connectivity index (χ0) is 35.1. The number of aliphatic hydroxyl groups excluding tert-OH is 1. The fourth-order valence-corrected chi connectivity index (χ4v) is 6.21. The van der Waals surface area contributed by atoms with Crippen molar-refractivity contribution < 1.29 is 47.7 Å². The van der Waals surface area contributed by atoms with Crippen LogP contribution in [0.15, 0.2) is 77.3 Å². The van der Waals surface area contributed by atoms with E-state index in [2.05, 4.69) is 20.4 Å². The Morgan fingerprint density at radius 1 is 0.920 bits per heavy atom. The van der Waals surface area contributed by atoms with Crippen LogP contribution in [0.5, 0.6) is 0 Å². The third-order valence-corrected chi connectivity index (χ3v) is 8.89. The molecular formula is C36H37FN4O9. The maximum absolute atomic E-state index is 14.9.